The van der Waals surface area contributed by atoms with E-state index in [1.165, 1.54) is 36.9 Å². The SMILES string of the molecule is COC(=O)C1C(=O)c2sc(Br)cc2C1c1ccc(Cl)c(Cl)c1.COC(=O)C1C(=O)c2sc(N3CCOCC3)cc2C1c1ccc(Cl)c(Cl)c1. The first-order valence-corrected chi connectivity index (χ1v) is 18.8. The molecule has 1 fully saturated rings. The van der Waals surface area contributed by atoms with Crippen molar-refractivity contribution in [3.05, 3.63) is 104 Å². The zero-order chi connectivity index (χ0) is 35.1. The summed E-state index contributed by atoms with van der Waals surface area (Å²) in [5.74, 6) is -4.10. The molecule has 3 heterocycles. The van der Waals surface area contributed by atoms with Crippen molar-refractivity contribution >= 4 is 114 Å². The predicted molar refractivity (Wildman–Crippen MR) is 196 cm³/mol. The van der Waals surface area contributed by atoms with Crippen LogP contribution in [0.3, 0.4) is 0 Å². The van der Waals surface area contributed by atoms with Gasteiger partial charge in [-0.1, -0.05) is 58.5 Å². The summed E-state index contributed by atoms with van der Waals surface area (Å²) < 4.78 is 16.0. The Bertz CT molecular complexity index is 1980. The van der Waals surface area contributed by atoms with Gasteiger partial charge in [-0.2, -0.15) is 0 Å². The van der Waals surface area contributed by atoms with Gasteiger partial charge in [0.25, 0.3) is 0 Å². The van der Waals surface area contributed by atoms with Crippen molar-refractivity contribution in [1.29, 1.82) is 0 Å². The summed E-state index contributed by atoms with van der Waals surface area (Å²) in [7, 11) is 2.58. The molecule has 8 nitrogen and oxygen atoms in total. The van der Waals surface area contributed by atoms with Crippen molar-refractivity contribution in [2.75, 3.05) is 45.4 Å². The minimum atomic E-state index is -0.896. The summed E-state index contributed by atoms with van der Waals surface area (Å²) in [4.78, 5) is 53.5. The van der Waals surface area contributed by atoms with E-state index < -0.39 is 35.6 Å². The summed E-state index contributed by atoms with van der Waals surface area (Å²) in [5, 5.41) is 2.65. The number of ketones is 2. The number of methoxy groups -OCH3 is 2. The van der Waals surface area contributed by atoms with Crippen molar-refractivity contribution < 1.29 is 33.4 Å². The molecule has 1 aliphatic heterocycles. The average Bonchev–Trinajstić information content (AvgIpc) is 3.83. The van der Waals surface area contributed by atoms with E-state index in [0.717, 1.165) is 44.1 Å². The van der Waals surface area contributed by atoms with Gasteiger partial charge in [-0.3, -0.25) is 19.2 Å². The van der Waals surface area contributed by atoms with E-state index in [1.807, 2.05) is 18.2 Å². The van der Waals surface area contributed by atoms with Gasteiger partial charge >= 0.3 is 11.9 Å². The van der Waals surface area contributed by atoms with E-state index in [-0.39, 0.29) is 11.6 Å². The van der Waals surface area contributed by atoms with Gasteiger partial charge in [0.1, 0.15) is 11.8 Å². The lowest BCUT2D eigenvalue weighted by Crippen LogP contribution is -2.35. The Hall–Kier alpha value is -2.48. The highest BCUT2D eigenvalue weighted by molar-refractivity contribution is 9.11. The quantitative estimate of drug-likeness (QED) is 0.145. The summed E-state index contributed by atoms with van der Waals surface area (Å²) >= 11 is 30.4. The molecule has 4 aromatic rings. The highest BCUT2D eigenvalue weighted by Crippen LogP contribution is 2.50. The normalized spacial score (nSPS) is 21.2. The number of fused-ring (bicyclic) bond motifs is 2. The summed E-state index contributed by atoms with van der Waals surface area (Å²) in [6.45, 7) is 2.89. The van der Waals surface area contributed by atoms with Crippen LogP contribution in [0, 0.1) is 11.8 Å². The number of hydrogen-bond acceptors (Lipinski definition) is 10. The van der Waals surface area contributed by atoms with Gasteiger partial charge in [-0.15, -0.1) is 22.7 Å². The topological polar surface area (TPSA) is 99.2 Å². The first-order chi connectivity index (χ1) is 23.4. The first-order valence-electron chi connectivity index (χ1n) is 14.8. The highest BCUT2D eigenvalue weighted by atomic mass is 79.9. The number of rotatable bonds is 5. The van der Waals surface area contributed by atoms with Crippen molar-refractivity contribution in [3.8, 4) is 0 Å². The smallest absolute Gasteiger partial charge is 0.317 e. The van der Waals surface area contributed by atoms with E-state index in [0.29, 0.717) is 43.1 Å². The zero-order valence-electron chi connectivity index (χ0n) is 25.8. The Morgan fingerprint density at radius 1 is 0.735 bits per heavy atom. The third kappa shape index (κ3) is 6.93. The molecule has 7 rings (SSSR count). The number of thiophene rings is 2. The maximum Gasteiger partial charge on any atom is 0.317 e. The van der Waals surface area contributed by atoms with E-state index >= 15 is 0 Å². The molecule has 49 heavy (non-hydrogen) atoms. The highest BCUT2D eigenvalue weighted by Gasteiger charge is 2.48. The van der Waals surface area contributed by atoms with Crippen LogP contribution >= 0.6 is 85.0 Å². The fraction of sp³-hybridized carbons (Fsp3) is 0.294. The lowest BCUT2D eigenvalue weighted by atomic mass is 9.86. The van der Waals surface area contributed by atoms with Gasteiger partial charge in [0.15, 0.2) is 11.6 Å². The van der Waals surface area contributed by atoms with Crippen LogP contribution in [0.25, 0.3) is 0 Å². The Kier molecular flexibility index (Phi) is 11.1. The van der Waals surface area contributed by atoms with Crippen LogP contribution in [-0.2, 0) is 23.8 Å². The second-order valence-corrected chi connectivity index (χ2v) is 16.4. The minimum Gasteiger partial charge on any atom is -0.468 e. The number of Topliss-reactive ketones (excluding diaryl/α,β-unsaturated/α-hetero) is 2. The third-order valence-corrected chi connectivity index (χ3v) is 13.0. The number of halogens is 5. The first kappa shape index (κ1) is 36.3. The standard InChI is InChI=1S/C19H17Cl2NO4S.C15H9BrCl2O3S/c1-25-19(24)16-15(10-2-3-12(20)13(21)8-10)11-9-14(27-18(11)17(16)23)22-4-6-26-7-5-22;1-21-15(20)12-11(6-2-3-8(17)9(18)4-6)7-5-10(16)22-14(7)13(12)19/h2-3,8-9,15-16H,4-7H2,1H3;2-5,11-12H,1H3. The van der Waals surface area contributed by atoms with Gasteiger partial charge in [-0.05, 0) is 74.6 Å². The molecule has 0 spiro atoms. The van der Waals surface area contributed by atoms with Crippen LogP contribution in [0.5, 0.6) is 0 Å². The average molecular weight is 846 g/mol. The molecule has 0 bridgehead atoms. The van der Waals surface area contributed by atoms with Gasteiger partial charge in [-0.25, -0.2) is 0 Å². The molecule has 0 amide bonds. The second-order valence-electron chi connectivity index (χ2n) is 11.3. The van der Waals surface area contributed by atoms with Crippen molar-refractivity contribution in [2.45, 2.75) is 11.8 Å². The summed E-state index contributed by atoms with van der Waals surface area (Å²) in [6, 6.07) is 14.2. The largest absolute Gasteiger partial charge is 0.468 e. The van der Waals surface area contributed by atoms with Crippen molar-refractivity contribution in [2.24, 2.45) is 11.8 Å². The lowest BCUT2D eigenvalue weighted by Gasteiger charge is -2.27. The van der Waals surface area contributed by atoms with E-state index in [9.17, 15) is 19.2 Å². The predicted octanol–water partition coefficient (Wildman–Crippen LogP) is 8.94. The molecule has 4 unspecified atom stereocenters. The van der Waals surface area contributed by atoms with Crippen LogP contribution in [0.2, 0.25) is 20.1 Å². The van der Waals surface area contributed by atoms with Gasteiger partial charge in [0, 0.05) is 24.9 Å². The molecule has 0 saturated carbocycles. The third-order valence-electron chi connectivity index (χ3n) is 8.67. The van der Waals surface area contributed by atoms with Gasteiger partial charge in [0.2, 0.25) is 0 Å². The maximum absolute atomic E-state index is 13.0. The molecule has 15 heteroatoms. The number of morpholine rings is 1. The summed E-state index contributed by atoms with van der Waals surface area (Å²) in [5.41, 5.74) is 3.20. The molecule has 2 aromatic carbocycles. The molecular weight excluding hydrogens is 820 g/mol. The monoisotopic (exact) mass is 843 g/mol. The number of nitrogens with zero attached hydrogens (tertiary/aromatic N) is 1. The number of benzene rings is 2. The van der Waals surface area contributed by atoms with E-state index in [1.54, 1.807) is 30.3 Å². The molecule has 2 aliphatic carbocycles. The van der Waals surface area contributed by atoms with Crippen LogP contribution < -0.4 is 4.90 Å². The number of ether oxygens (including phenoxy) is 3. The number of esters is 2. The number of carbonyl (C=O) groups is 4. The minimum absolute atomic E-state index is 0.197. The molecule has 0 radical (unpaired) electrons. The van der Waals surface area contributed by atoms with Crippen LogP contribution in [0.4, 0.5) is 5.00 Å². The molecule has 2 aromatic heterocycles. The Balaban J connectivity index is 0.000000174. The summed E-state index contributed by atoms with van der Waals surface area (Å²) in [6.07, 6.45) is 0. The molecule has 4 atom stereocenters. The molecule has 256 valence electrons. The van der Waals surface area contributed by atoms with Crippen molar-refractivity contribution in [3.63, 3.8) is 0 Å². The number of hydrogen-bond donors (Lipinski definition) is 0. The fourth-order valence-electron chi connectivity index (χ4n) is 6.39. The van der Waals surface area contributed by atoms with Crippen LogP contribution in [0.1, 0.15) is 53.4 Å². The molecular formula is C34H26BrCl4NO7S2. The second kappa shape index (κ2) is 15.0. The van der Waals surface area contributed by atoms with Crippen LogP contribution in [0.15, 0.2) is 52.3 Å². The Morgan fingerprint density at radius 2 is 1.20 bits per heavy atom. The molecule has 3 aliphatic rings. The van der Waals surface area contributed by atoms with Crippen molar-refractivity contribution in [1.82, 2.24) is 0 Å². The van der Waals surface area contributed by atoms with Gasteiger partial charge < -0.3 is 19.1 Å². The van der Waals surface area contributed by atoms with Crippen LogP contribution in [-0.4, -0.2) is 64.0 Å². The Labute approximate surface area is 318 Å². The van der Waals surface area contributed by atoms with Gasteiger partial charge in [0.05, 0.1) is 66.1 Å². The Morgan fingerprint density at radius 3 is 1.67 bits per heavy atom. The fourth-order valence-corrected chi connectivity index (χ4v) is 9.89. The zero-order valence-corrected chi connectivity index (χ0v) is 32.0. The molecule has 0 N–H and O–H groups in total. The van der Waals surface area contributed by atoms with E-state index in [4.69, 9.17) is 60.6 Å². The molecule has 1 saturated heterocycles. The number of carbonyl (C=O) groups excluding carboxylic acids is 4. The maximum atomic E-state index is 13.0. The van der Waals surface area contributed by atoms with E-state index in [2.05, 4.69) is 20.8 Å². The lowest BCUT2D eigenvalue weighted by molar-refractivity contribution is -0.144. The number of anilines is 1.